The van der Waals surface area contributed by atoms with Gasteiger partial charge in [-0.1, -0.05) is 12.1 Å². The zero-order valence-corrected chi connectivity index (χ0v) is 13.5. The van der Waals surface area contributed by atoms with Crippen molar-refractivity contribution in [3.63, 3.8) is 0 Å². The number of nitro benzene ring substituents is 1. The standard InChI is InChI=1S/C17H13F2N3O4/c1-10-12(16(18)19)3-2-4-14(10)21-15-6-5-11(22(24)25)9-13(15)17(23)26-8-7-20/h2-6,9,16,21H,8H2,1H3. The predicted octanol–water partition coefficient (Wildman–Crippen LogP) is 4.26. The number of nitrogens with zero attached hydrogens (tertiary/aromatic N) is 2. The van der Waals surface area contributed by atoms with Crippen molar-refractivity contribution in [1.82, 2.24) is 0 Å². The molecule has 2 rings (SSSR count). The zero-order chi connectivity index (χ0) is 19.3. The molecular formula is C17H13F2N3O4. The van der Waals surface area contributed by atoms with Crippen molar-refractivity contribution < 1.29 is 23.2 Å². The van der Waals surface area contributed by atoms with E-state index in [2.05, 4.69) is 5.32 Å². The lowest BCUT2D eigenvalue weighted by molar-refractivity contribution is -0.384. The summed E-state index contributed by atoms with van der Waals surface area (Å²) in [6, 6.07) is 9.30. The monoisotopic (exact) mass is 361 g/mol. The van der Waals surface area contributed by atoms with E-state index in [1.165, 1.54) is 31.2 Å². The topological polar surface area (TPSA) is 105 Å². The van der Waals surface area contributed by atoms with Crippen molar-refractivity contribution in [2.24, 2.45) is 0 Å². The Morgan fingerprint density at radius 3 is 2.69 bits per heavy atom. The van der Waals surface area contributed by atoms with E-state index in [1.807, 2.05) is 0 Å². The number of nitro groups is 1. The van der Waals surface area contributed by atoms with Gasteiger partial charge in [-0.25, -0.2) is 13.6 Å². The summed E-state index contributed by atoms with van der Waals surface area (Å²) < 4.78 is 30.8. The molecule has 0 unspecified atom stereocenters. The van der Waals surface area contributed by atoms with Crippen LogP contribution in [0.5, 0.6) is 0 Å². The molecule has 1 N–H and O–H groups in total. The van der Waals surface area contributed by atoms with Crippen LogP contribution in [0.25, 0.3) is 0 Å². The van der Waals surface area contributed by atoms with Gasteiger partial charge in [-0.15, -0.1) is 0 Å². The average Bonchev–Trinajstić information content (AvgIpc) is 2.61. The molecule has 2 aromatic rings. The number of halogens is 2. The summed E-state index contributed by atoms with van der Waals surface area (Å²) in [7, 11) is 0. The quantitative estimate of drug-likeness (QED) is 0.468. The number of anilines is 2. The first-order valence-electron chi connectivity index (χ1n) is 7.32. The molecule has 0 fully saturated rings. The molecule has 7 nitrogen and oxygen atoms in total. The van der Waals surface area contributed by atoms with E-state index in [0.717, 1.165) is 12.1 Å². The zero-order valence-electron chi connectivity index (χ0n) is 13.5. The second kappa shape index (κ2) is 8.02. The van der Waals surface area contributed by atoms with Gasteiger partial charge >= 0.3 is 5.97 Å². The van der Waals surface area contributed by atoms with E-state index in [0.29, 0.717) is 5.69 Å². The van der Waals surface area contributed by atoms with Crippen molar-refractivity contribution in [2.75, 3.05) is 11.9 Å². The van der Waals surface area contributed by atoms with Crippen LogP contribution in [-0.2, 0) is 4.74 Å². The maximum Gasteiger partial charge on any atom is 0.341 e. The number of hydrogen-bond acceptors (Lipinski definition) is 6. The normalized spacial score (nSPS) is 10.3. The van der Waals surface area contributed by atoms with E-state index < -0.39 is 23.9 Å². The number of ether oxygens (including phenoxy) is 1. The lowest BCUT2D eigenvalue weighted by atomic mass is 10.1. The highest BCUT2D eigenvalue weighted by Crippen LogP contribution is 2.31. The minimum Gasteiger partial charge on any atom is -0.447 e. The Morgan fingerprint density at radius 2 is 2.08 bits per heavy atom. The van der Waals surface area contributed by atoms with Gasteiger partial charge in [-0.2, -0.15) is 5.26 Å². The number of rotatable bonds is 6. The molecule has 9 heteroatoms. The molecule has 0 atom stereocenters. The Labute approximate surface area is 147 Å². The van der Waals surface area contributed by atoms with Crippen molar-refractivity contribution in [3.05, 3.63) is 63.2 Å². The fraction of sp³-hybridized carbons (Fsp3) is 0.176. The number of benzene rings is 2. The minimum absolute atomic E-state index is 0.132. The van der Waals surface area contributed by atoms with Crippen LogP contribution in [0, 0.1) is 28.4 Å². The van der Waals surface area contributed by atoms with Gasteiger partial charge in [0.25, 0.3) is 12.1 Å². The van der Waals surface area contributed by atoms with Gasteiger partial charge < -0.3 is 10.1 Å². The van der Waals surface area contributed by atoms with Gasteiger partial charge in [-0.3, -0.25) is 10.1 Å². The molecular weight excluding hydrogens is 348 g/mol. The minimum atomic E-state index is -2.67. The Balaban J connectivity index is 2.46. The highest BCUT2D eigenvalue weighted by atomic mass is 19.3. The molecule has 0 aromatic heterocycles. The number of esters is 1. The number of alkyl halides is 2. The van der Waals surface area contributed by atoms with E-state index in [1.54, 1.807) is 6.07 Å². The second-order valence-corrected chi connectivity index (χ2v) is 5.17. The lowest BCUT2D eigenvalue weighted by Crippen LogP contribution is -2.09. The first-order valence-corrected chi connectivity index (χ1v) is 7.32. The van der Waals surface area contributed by atoms with Gasteiger partial charge in [0.2, 0.25) is 0 Å². The third-order valence-electron chi connectivity index (χ3n) is 3.58. The van der Waals surface area contributed by atoms with Gasteiger partial charge in [0.15, 0.2) is 6.61 Å². The van der Waals surface area contributed by atoms with E-state index in [-0.39, 0.29) is 28.1 Å². The molecule has 0 amide bonds. The Hall–Kier alpha value is -3.54. The smallest absolute Gasteiger partial charge is 0.341 e. The number of carbonyl (C=O) groups is 1. The Morgan fingerprint density at radius 1 is 1.35 bits per heavy atom. The summed E-state index contributed by atoms with van der Waals surface area (Å²) in [4.78, 5) is 22.3. The predicted molar refractivity (Wildman–Crippen MR) is 88.4 cm³/mol. The molecule has 134 valence electrons. The maximum atomic E-state index is 13.0. The van der Waals surface area contributed by atoms with Crippen LogP contribution in [-0.4, -0.2) is 17.5 Å². The summed E-state index contributed by atoms with van der Waals surface area (Å²) in [5, 5.41) is 22.3. The number of hydrogen-bond donors (Lipinski definition) is 1. The van der Waals surface area contributed by atoms with Crippen LogP contribution in [0.15, 0.2) is 36.4 Å². The van der Waals surface area contributed by atoms with Crippen LogP contribution in [0.3, 0.4) is 0 Å². The molecule has 0 aliphatic carbocycles. The van der Waals surface area contributed by atoms with Crippen LogP contribution in [0.1, 0.15) is 27.9 Å². The lowest BCUT2D eigenvalue weighted by Gasteiger charge is -2.15. The fourth-order valence-electron chi connectivity index (χ4n) is 2.27. The van der Waals surface area contributed by atoms with Crippen LogP contribution in [0.2, 0.25) is 0 Å². The van der Waals surface area contributed by atoms with Crippen molar-refractivity contribution in [1.29, 1.82) is 5.26 Å². The largest absolute Gasteiger partial charge is 0.447 e. The number of nitrogens with one attached hydrogen (secondary N) is 1. The van der Waals surface area contributed by atoms with E-state index >= 15 is 0 Å². The molecule has 0 saturated heterocycles. The molecule has 0 bridgehead atoms. The van der Waals surface area contributed by atoms with Gasteiger partial charge in [-0.05, 0) is 24.6 Å². The van der Waals surface area contributed by atoms with Crippen LogP contribution in [0.4, 0.5) is 25.8 Å². The maximum absolute atomic E-state index is 13.0. The second-order valence-electron chi connectivity index (χ2n) is 5.17. The summed E-state index contributed by atoms with van der Waals surface area (Å²) in [6.45, 7) is 0.962. The fourth-order valence-corrected chi connectivity index (χ4v) is 2.27. The molecule has 2 aromatic carbocycles. The highest BCUT2D eigenvalue weighted by Gasteiger charge is 2.20. The van der Waals surface area contributed by atoms with E-state index in [4.69, 9.17) is 10.00 Å². The molecule has 0 aliphatic heterocycles. The first-order chi connectivity index (χ1) is 12.3. The number of carbonyl (C=O) groups excluding carboxylic acids is 1. The van der Waals surface area contributed by atoms with Crippen molar-refractivity contribution >= 4 is 23.0 Å². The molecule has 26 heavy (non-hydrogen) atoms. The molecule has 0 heterocycles. The summed E-state index contributed by atoms with van der Waals surface area (Å²) in [6.07, 6.45) is -2.67. The third-order valence-corrected chi connectivity index (χ3v) is 3.58. The summed E-state index contributed by atoms with van der Waals surface area (Å²) in [5.74, 6) is -0.944. The van der Waals surface area contributed by atoms with Crippen molar-refractivity contribution in [3.8, 4) is 6.07 Å². The third kappa shape index (κ3) is 4.10. The van der Waals surface area contributed by atoms with Gasteiger partial charge in [0, 0.05) is 23.4 Å². The Bertz CT molecular complexity index is 894. The summed E-state index contributed by atoms with van der Waals surface area (Å²) in [5.41, 5.74) is 0.00978. The number of nitriles is 1. The average molecular weight is 361 g/mol. The number of non-ortho nitro benzene ring substituents is 1. The first kappa shape index (κ1) is 18.8. The molecule has 0 aliphatic rings. The van der Waals surface area contributed by atoms with Crippen LogP contribution >= 0.6 is 0 Å². The van der Waals surface area contributed by atoms with Crippen molar-refractivity contribution in [2.45, 2.75) is 13.3 Å². The molecule has 0 radical (unpaired) electrons. The highest BCUT2D eigenvalue weighted by molar-refractivity contribution is 5.97. The van der Waals surface area contributed by atoms with Gasteiger partial charge in [0.1, 0.15) is 6.07 Å². The Kier molecular flexibility index (Phi) is 5.80. The summed E-state index contributed by atoms with van der Waals surface area (Å²) >= 11 is 0. The SMILES string of the molecule is Cc1c(Nc2ccc([N+](=O)[O-])cc2C(=O)OCC#N)cccc1C(F)F. The molecule has 0 spiro atoms. The van der Waals surface area contributed by atoms with Gasteiger partial charge in [0.05, 0.1) is 16.2 Å². The van der Waals surface area contributed by atoms with Crippen LogP contribution < -0.4 is 5.32 Å². The molecule has 0 saturated carbocycles. The van der Waals surface area contributed by atoms with E-state index in [9.17, 15) is 23.7 Å².